The number of benzene rings is 1. The molecule has 1 unspecified atom stereocenters. The SMILES string of the molecule is NC(c1cnc2ccccc2c1)c1cnn2ccccc12. The van der Waals surface area contributed by atoms with Gasteiger partial charge >= 0.3 is 0 Å². The summed E-state index contributed by atoms with van der Waals surface area (Å²) in [7, 11) is 0. The number of aromatic nitrogens is 3. The van der Waals surface area contributed by atoms with Crippen LogP contribution in [-0.2, 0) is 0 Å². The lowest BCUT2D eigenvalue weighted by molar-refractivity contribution is 0.875. The molecule has 0 saturated carbocycles. The predicted molar refractivity (Wildman–Crippen MR) is 83.0 cm³/mol. The lowest BCUT2D eigenvalue weighted by Gasteiger charge is -2.11. The third-order valence-corrected chi connectivity index (χ3v) is 3.76. The van der Waals surface area contributed by atoms with Crippen molar-refractivity contribution in [2.24, 2.45) is 5.73 Å². The second kappa shape index (κ2) is 4.68. The highest BCUT2D eigenvalue weighted by molar-refractivity contribution is 5.79. The lowest BCUT2D eigenvalue weighted by atomic mass is 10.0. The van der Waals surface area contributed by atoms with Gasteiger partial charge in [0.2, 0.25) is 0 Å². The molecule has 4 nitrogen and oxygen atoms in total. The maximum Gasteiger partial charge on any atom is 0.0712 e. The summed E-state index contributed by atoms with van der Waals surface area (Å²) in [6, 6.07) is 15.9. The first-order valence-corrected chi connectivity index (χ1v) is 6.85. The summed E-state index contributed by atoms with van der Waals surface area (Å²) in [5.41, 5.74) is 10.4. The molecule has 2 N–H and O–H groups in total. The minimum atomic E-state index is -0.234. The number of fused-ring (bicyclic) bond motifs is 2. The number of hydrogen-bond acceptors (Lipinski definition) is 3. The van der Waals surface area contributed by atoms with Crippen LogP contribution in [0.1, 0.15) is 17.2 Å². The van der Waals surface area contributed by atoms with Gasteiger partial charge in [0.1, 0.15) is 0 Å². The molecule has 0 spiro atoms. The van der Waals surface area contributed by atoms with Crippen LogP contribution < -0.4 is 5.73 Å². The van der Waals surface area contributed by atoms with E-state index in [0.717, 1.165) is 27.5 Å². The minimum Gasteiger partial charge on any atom is -0.320 e. The average molecular weight is 274 g/mol. The van der Waals surface area contributed by atoms with Gasteiger partial charge in [0.05, 0.1) is 23.3 Å². The largest absolute Gasteiger partial charge is 0.320 e. The summed E-state index contributed by atoms with van der Waals surface area (Å²) in [6.45, 7) is 0. The van der Waals surface area contributed by atoms with Crippen molar-refractivity contribution in [3.05, 3.63) is 78.2 Å². The van der Waals surface area contributed by atoms with Crippen molar-refractivity contribution in [1.82, 2.24) is 14.6 Å². The highest BCUT2D eigenvalue weighted by atomic mass is 15.2. The molecule has 0 amide bonds. The van der Waals surface area contributed by atoms with Crippen molar-refractivity contribution in [2.45, 2.75) is 6.04 Å². The Kier molecular flexibility index (Phi) is 2.69. The molecule has 0 saturated heterocycles. The smallest absolute Gasteiger partial charge is 0.0712 e. The molecule has 0 aliphatic rings. The van der Waals surface area contributed by atoms with E-state index in [4.69, 9.17) is 5.73 Å². The number of nitrogens with two attached hydrogens (primary N) is 1. The Balaban J connectivity index is 1.83. The number of hydrogen-bond donors (Lipinski definition) is 1. The second-order valence-corrected chi connectivity index (χ2v) is 5.07. The third kappa shape index (κ3) is 1.97. The van der Waals surface area contributed by atoms with Gasteiger partial charge in [0.15, 0.2) is 0 Å². The second-order valence-electron chi connectivity index (χ2n) is 5.07. The Labute approximate surface area is 121 Å². The molecule has 4 rings (SSSR count). The maximum absolute atomic E-state index is 6.42. The Bertz CT molecular complexity index is 926. The fourth-order valence-electron chi connectivity index (χ4n) is 2.63. The van der Waals surface area contributed by atoms with Crippen LogP contribution in [0.5, 0.6) is 0 Å². The predicted octanol–water partition coefficient (Wildman–Crippen LogP) is 2.93. The molecular formula is C17H14N4. The minimum absolute atomic E-state index is 0.234. The first-order valence-electron chi connectivity index (χ1n) is 6.85. The van der Waals surface area contributed by atoms with Gasteiger partial charge < -0.3 is 5.73 Å². The van der Waals surface area contributed by atoms with Crippen LogP contribution in [0.15, 0.2) is 67.1 Å². The van der Waals surface area contributed by atoms with E-state index >= 15 is 0 Å². The first-order chi connectivity index (χ1) is 10.3. The maximum atomic E-state index is 6.42. The summed E-state index contributed by atoms with van der Waals surface area (Å²) < 4.78 is 1.84. The molecule has 102 valence electrons. The van der Waals surface area contributed by atoms with Gasteiger partial charge in [0.25, 0.3) is 0 Å². The van der Waals surface area contributed by atoms with E-state index in [2.05, 4.69) is 22.2 Å². The molecule has 0 radical (unpaired) electrons. The molecule has 0 aliphatic carbocycles. The van der Waals surface area contributed by atoms with Crippen molar-refractivity contribution in [3.63, 3.8) is 0 Å². The van der Waals surface area contributed by atoms with Gasteiger partial charge in [-0.3, -0.25) is 4.98 Å². The van der Waals surface area contributed by atoms with Crippen LogP contribution in [-0.4, -0.2) is 14.6 Å². The topological polar surface area (TPSA) is 56.2 Å². The summed E-state index contributed by atoms with van der Waals surface area (Å²) >= 11 is 0. The molecular weight excluding hydrogens is 260 g/mol. The van der Waals surface area contributed by atoms with Gasteiger partial charge in [0, 0.05) is 23.3 Å². The van der Waals surface area contributed by atoms with E-state index in [1.165, 1.54) is 0 Å². The summed E-state index contributed by atoms with van der Waals surface area (Å²) in [5, 5.41) is 5.44. The van der Waals surface area contributed by atoms with E-state index < -0.39 is 0 Å². The van der Waals surface area contributed by atoms with Gasteiger partial charge in [-0.1, -0.05) is 24.3 Å². The zero-order valence-corrected chi connectivity index (χ0v) is 11.3. The number of pyridine rings is 2. The zero-order chi connectivity index (χ0) is 14.2. The van der Waals surface area contributed by atoms with E-state index in [-0.39, 0.29) is 6.04 Å². The van der Waals surface area contributed by atoms with Gasteiger partial charge in [-0.25, -0.2) is 4.52 Å². The molecule has 0 fully saturated rings. The Hall–Kier alpha value is -2.72. The summed E-state index contributed by atoms with van der Waals surface area (Å²) in [6.07, 6.45) is 5.60. The molecule has 0 bridgehead atoms. The Morgan fingerprint density at radius 1 is 1.00 bits per heavy atom. The summed E-state index contributed by atoms with van der Waals surface area (Å²) in [4.78, 5) is 4.48. The van der Waals surface area contributed by atoms with E-state index in [1.54, 1.807) is 0 Å². The fraction of sp³-hybridized carbons (Fsp3) is 0.0588. The first kappa shape index (κ1) is 12.1. The van der Waals surface area contributed by atoms with Crippen LogP contribution in [0.4, 0.5) is 0 Å². The van der Waals surface area contributed by atoms with Crippen molar-refractivity contribution in [1.29, 1.82) is 0 Å². The normalized spacial score (nSPS) is 12.8. The van der Waals surface area contributed by atoms with Crippen LogP contribution in [0, 0.1) is 0 Å². The van der Waals surface area contributed by atoms with Crippen molar-refractivity contribution >= 4 is 16.4 Å². The fourth-order valence-corrected chi connectivity index (χ4v) is 2.63. The molecule has 1 atom stereocenters. The van der Waals surface area contributed by atoms with E-state index in [1.807, 2.05) is 59.5 Å². The van der Waals surface area contributed by atoms with Gasteiger partial charge in [-0.2, -0.15) is 5.10 Å². The van der Waals surface area contributed by atoms with Crippen LogP contribution >= 0.6 is 0 Å². The number of para-hydroxylation sites is 1. The molecule has 3 heterocycles. The number of rotatable bonds is 2. The van der Waals surface area contributed by atoms with Crippen molar-refractivity contribution < 1.29 is 0 Å². The van der Waals surface area contributed by atoms with Crippen molar-refractivity contribution in [3.8, 4) is 0 Å². The van der Waals surface area contributed by atoms with E-state index in [9.17, 15) is 0 Å². The Morgan fingerprint density at radius 2 is 1.86 bits per heavy atom. The highest BCUT2D eigenvalue weighted by Crippen LogP contribution is 2.25. The van der Waals surface area contributed by atoms with E-state index in [0.29, 0.717) is 0 Å². The monoisotopic (exact) mass is 274 g/mol. The highest BCUT2D eigenvalue weighted by Gasteiger charge is 2.14. The molecule has 4 aromatic rings. The van der Waals surface area contributed by atoms with Gasteiger partial charge in [-0.05, 0) is 29.8 Å². The summed E-state index contributed by atoms with van der Waals surface area (Å²) in [5.74, 6) is 0. The molecule has 21 heavy (non-hydrogen) atoms. The zero-order valence-electron chi connectivity index (χ0n) is 11.3. The standard InChI is InChI=1S/C17H14N4/c18-17(14-11-20-21-8-4-3-7-16(14)21)13-9-12-5-1-2-6-15(12)19-10-13/h1-11,17H,18H2. The molecule has 3 aromatic heterocycles. The van der Waals surface area contributed by atoms with Gasteiger partial charge in [-0.15, -0.1) is 0 Å². The Morgan fingerprint density at radius 3 is 2.81 bits per heavy atom. The lowest BCUT2D eigenvalue weighted by Crippen LogP contribution is -2.11. The van der Waals surface area contributed by atoms with Crippen molar-refractivity contribution in [2.75, 3.05) is 0 Å². The molecule has 0 aliphatic heterocycles. The third-order valence-electron chi connectivity index (χ3n) is 3.76. The van der Waals surface area contributed by atoms with Crippen LogP contribution in [0.2, 0.25) is 0 Å². The average Bonchev–Trinajstić information content (AvgIpc) is 2.98. The van der Waals surface area contributed by atoms with Crippen LogP contribution in [0.3, 0.4) is 0 Å². The number of nitrogens with zero attached hydrogens (tertiary/aromatic N) is 3. The van der Waals surface area contributed by atoms with Crippen LogP contribution in [0.25, 0.3) is 16.4 Å². The molecule has 4 heteroatoms. The molecule has 1 aromatic carbocycles. The quantitative estimate of drug-likeness (QED) is 0.611.